The van der Waals surface area contributed by atoms with Crippen LogP contribution in [0.15, 0.2) is 0 Å². The summed E-state index contributed by atoms with van der Waals surface area (Å²) in [6.45, 7) is 2.29. The Hall–Kier alpha value is -0.0400. The second-order valence-corrected chi connectivity index (χ2v) is 5.42. The fourth-order valence-corrected chi connectivity index (χ4v) is 2.96. The van der Waals surface area contributed by atoms with E-state index in [4.69, 9.17) is 4.74 Å². The van der Waals surface area contributed by atoms with Crippen LogP contribution in [0, 0.1) is 0 Å². The van der Waals surface area contributed by atoms with Gasteiger partial charge < -0.3 is 4.74 Å². The van der Waals surface area contributed by atoms with Crippen LogP contribution in [-0.2, 0) is 4.74 Å². The minimum Gasteiger partial charge on any atom is -0.378 e. The van der Waals surface area contributed by atoms with Crippen LogP contribution in [0.5, 0.6) is 0 Å². The molecule has 0 aromatic rings. The fourth-order valence-electron chi connectivity index (χ4n) is 2.96. The molecule has 1 heteroatoms. The largest absolute Gasteiger partial charge is 0.378 e. The molecule has 0 N–H and O–H groups in total. The molecule has 1 fully saturated rings. The third-order valence-corrected chi connectivity index (χ3v) is 4.34. The van der Waals surface area contributed by atoms with Crippen LogP contribution in [0.4, 0.5) is 0 Å². The Kier molecular flexibility index (Phi) is 7.11. The highest BCUT2D eigenvalue weighted by atomic mass is 16.5. The van der Waals surface area contributed by atoms with Crippen molar-refractivity contribution in [3.05, 3.63) is 0 Å². The first-order valence-corrected chi connectivity index (χ1v) is 7.38. The number of rotatable bonds is 2. The zero-order valence-corrected chi connectivity index (χ0v) is 11.4. The summed E-state index contributed by atoms with van der Waals surface area (Å²) >= 11 is 0. The molecule has 0 aliphatic heterocycles. The van der Waals surface area contributed by atoms with E-state index in [2.05, 4.69) is 6.92 Å². The van der Waals surface area contributed by atoms with E-state index in [1.807, 2.05) is 7.11 Å². The van der Waals surface area contributed by atoms with Gasteiger partial charge in [-0.05, 0) is 19.3 Å². The summed E-state index contributed by atoms with van der Waals surface area (Å²) in [5.41, 5.74) is 0.208. The average Bonchev–Trinajstić information content (AvgIpc) is 2.31. The highest BCUT2D eigenvalue weighted by Crippen LogP contribution is 2.30. The molecule has 0 aromatic heterocycles. The minimum atomic E-state index is 0.208. The molecule has 16 heavy (non-hydrogen) atoms. The number of methoxy groups -OCH3 is 1. The lowest BCUT2D eigenvalue weighted by Crippen LogP contribution is -2.30. The van der Waals surface area contributed by atoms with Crippen molar-refractivity contribution in [3.63, 3.8) is 0 Å². The topological polar surface area (TPSA) is 9.23 Å². The molecule has 0 unspecified atom stereocenters. The van der Waals surface area contributed by atoms with Crippen molar-refractivity contribution in [2.75, 3.05) is 7.11 Å². The van der Waals surface area contributed by atoms with Gasteiger partial charge in [0, 0.05) is 7.11 Å². The molecule has 1 nitrogen and oxygen atoms in total. The normalized spacial score (nSPS) is 24.4. The molecule has 0 bridgehead atoms. The lowest BCUT2D eigenvalue weighted by molar-refractivity contribution is -0.0313. The molecular formula is C15H30O. The minimum absolute atomic E-state index is 0.208. The van der Waals surface area contributed by atoms with Gasteiger partial charge in [-0.3, -0.25) is 0 Å². The SMILES string of the molecule is CCC1(OC)CCCCCCCCCCC1. The molecule has 0 aromatic carbocycles. The first kappa shape index (κ1) is 14.0. The molecule has 1 saturated carbocycles. The Bertz CT molecular complexity index is 147. The van der Waals surface area contributed by atoms with Gasteiger partial charge in [-0.15, -0.1) is 0 Å². The lowest BCUT2D eigenvalue weighted by atomic mass is 9.86. The van der Waals surface area contributed by atoms with E-state index >= 15 is 0 Å². The van der Waals surface area contributed by atoms with Gasteiger partial charge in [-0.2, -0.15) is 0 Å². The quantitative estimate of drug-likeness (QED) is 0.637. The van der Waals surface area contributed by atoms with E-state index in [0.717, 1.165) is 0 Å². The van der Waals surface area contributed by atoms with Gasteiger partial charge in [-0.25, -0.2) is 0 Å². The zero-order valence-electron chi connectivity index (χ0n) is 11.4. The van der Waals surface area contributed by atoms with Gasteiger partial charge in [0.25, 0.3) is 0 Å². The molecule has 96 valence electrons. The van der Waals surface area contributed by atoms with Crippen LogP contribution in [0.25, 0.3) is 0 Å². The molecule has 0 heterocycles. The summed E-state index contributed by atoms with van der Waals surface area (Å²) in [6.07, 6.45) is 16.5. The highest BCUT2D eigenvalue weighted by Gasteiger charge is 2.26. The summed E-state index contributed by atoms with van der Waals surface area (Å²) in [5, 5.41) is 0. The molecule has 0 atom stereocenters. The second kappa shape index (κ2) is 8.11. The Morgan fingerprint density at radius 1 is 0.750 bits per heavy atom. The van der Waals surface area contributed by atoms with Gasteiger partial charge in [-0.1, -0.05) is 64.7 Å². The van der Waals surface area contributed by atoms with Crippen molar-refractivity contribution >= 4 is 0 Å². The Balaban J connectivity index is 2.41. The van der Waals surface area contributed by atoms with Gasteiger partial charge >= 0.3 is 0 Å². The van der Waals surface area contributed by atoms with Crippen molar-refractivity contribution in [1.82, 2.24) is 0 Å². The van der Waals surface area contributed by atoms with Crippen LogP contribution < -0.4 is 0 Å². The van der Waals surface area contributed by atoms with Crippen LogP contribution in [-0.4, -0.2) is 12.7 Å². The lowest BCUT2D eigenvalue weighted by Gasteiger charge is -2.32. The summed E-state index contributed by atoms with van der Waals surface area (Å²) in [4.78, 5) is 0. The molecular weight excluding hydrogens is 196 g/mol. The summed E-state index contributed by atoms with van der Waals surface area (Å²) in [5.74, 6) is 0. The van der Waals surface area contributed by atoms with E-state index in [1.165, 1.54) is 77.0 Å². The van der Waals surface area contributed by atoms with Crippen molar-refractivity contribution in [3.8, 4) is 0 Å². The molecule has 0 saturated heterocycles. The molecule has 0 radical (unpaired) electrons. The van der Waals surface area contributed by atoms with E-state index in [0.29, 0.717) is 0 Å². The van der Waals surface area contributed by atoms with Gasteiger partial charge in [0.1, 0.15) is 0 Å². The van der Waals surface area contributed by atoms with E-state index in [-0.39, 0.29) is 5.60 Å². The molecule has 1 aliphatic rings. The Labute approximate surface area is 102 Å². The number of hydrogen-bond acceptors (Lipinski definition) is 1. The monoisotopic (exact) mass is 226 g/mol. The molecule has 1 rings (SSSR count). The average molecular weight is 226 g/mol. The van der Waals surface area contributed by atoms with E-state index < -0.39 is 0 Å². The third kappa shape index (κ3) is 4.86. The van der Waals surface area contributed by atoms with Crippen LogP contribution in [0.3, 0.4) is 0 Å². The fraction of sp³-hybridized carbons (Fsp3) is 1.00. The second-order valence-electron chi connectivity index (χ2n) is 5.42. The zero-order chi connectivity index (χ0) is 11.7. The first-order valence-electron chi connectivity index (χ1n) is 7.38. The van der Waals surface area contributed by atoms with Crippen LogP contribution in [0.1, 0.15) is 84.0 Å². The van der Waals surface area contributed by atoms with Crippen molar-refractivity contribution in [1.29, 1.82) is 0 Å². The Morgan fingerprint density at radius 2 is 1.12 bits per heavy atom. The van der Waals surface area contributed by atoms with Crippen molar-refractivity contribution < 1.29 is 4.74 Å². The van der Waals surface area contributed by atoms with Crippen LogP contribution in [0.2, 0.25) is 0 Å². The number of ether oxygens (including phenoxy) is 1. The smallest absolute Gasteiger partial charge is 0.0676 e. The number of hydrogen-bond donors (Lipinski definition) is 0. The maximum absolute atomic E-state index is 5.83. The molecule has 0 amide bonds. The highest BCUT2D eigenvalue weighted by molar-refractivity contribution is 4.79. The van der Waals surface area contributed by atoms with Crippen molar-refractivity contribution in [2.45, 2.75) is 89.6 Å². The molecule has 1 aliphatic carbocycles. The maximum atomic E-state index is 5.83. The van der Waals surface area contributed by atoms with Gasteiger partial charge in [0.15, 0.2) is 0 Å². The maximum Gasteiger partial charge on any atom is 0.0676 e. The summed E-state index contributed by atoms with van der Waals surface area (Å²) in [6, 6.07) is 0. The molecule has 0 spiro atoms. The third-order valence-electron chi connectivity index (χ3n) is 4.34. The van der Waals surface area contributed by atoms with E-state index in [9.17, 15) is 0 Å². The first-order chi connectivity index (χ1) is 7.83. The summed E-state index contributed by atoms with van der Waals surface area (Å²) in [7, 11) is 1.91. The van der Waals surface area contributed by atoms with Crippen LogP contribution >= 0.6 is 0 Å². The summed E-state index contributed by atoms with van der Waals surface area (Å²) < 4.78 is 5.83. The predicted molar refractivity (Wildman–Crippen MR) is 70.8 cm³/mol. The van der Waals surface area contributed by atoms with Crippen molar-refractivity contribution in [2.24, 2.45) is 0 Å². The van der Waals surface area contributed by atoms with E-state index in [1.54, 1.807) is 0 Å². The Morgan fingerprint density at radius 3 is 1.44 bits per heavy atom. The van der Waals surface area contributed by atoms with Gasteiger partial charge in [0.05, 0.1) is 5.60 Å². The predicted octanol–water partition coefficient (Wildman–Crippen LogP) is 5.09. The standard InChI is InChI=1S/C15H30O/c1-3-15(16-2)13-11-9-7-5-4-6-8-10-12-14-15/h3-14H2,1-2H3. The van der Waals surface area contributed by atoms with Gasteiger partial charge in [0.2, 0.25) is 0 Å².